The number of aromatic nitrogens is 3. The predicted molar refractivity (Wildman–Crippen MR) is 121 cm³/mol. The molecule has 0 bridgehead atoms. The summed E-state index contributed by atoms with van der Waals surface area (Å²) in [5, 5.41) is 8.26. The van der Waals surface area contributed by atoms with Gasteiger partial charge in [0.1, 0.15) is 0 Å². The van der Waals surface area contributed by atoms with Crippen LogP contribution in [0.3, 0.4) is 0 Å². The lowest BCUT2D eigenvalue weighted by molar-refractivity contribution is 0.0952. The van der Waals surface area contributed by atoms with Crippen molar-refractivity contribution in [1.29, 1.82) is 0 Å². The Morgan fingerprint density at radius 2 is 1.97 bits per heavy atom. The minimum absolute atomic E-state index is 0.169. The van der Waals surface area contributed by atoms with Gasteiger partial charge in [-0.05, 0) is 51.5 Å². The van der Waals surface area contributed by atoms with Gasteiger partial charge in [0.05, 0.1) is 30.5 Å². The lowest BCUT2D eigenvalue weighted by Crippen LogP contribution is -2.36. The zero-order valence-electron chi connectivity index (χ0n) is 18.5. The van der Waals surface area contributed by atoms with Crippen molar-refractivity contribution in [2.75, 3.05) is 31.2 Å². The summed E-state index contributed by atoms with van der Waals surface area (Å²) in [6.45, 7) is 10.9. The number of carbonyl (C=O) groups is 1. The Kier molecular flexibility index (Phi) is 5.82. The molecule has 3 heterocycles. The first-order valence-corrected chi connectivity index (χ1v) is 10.7. The molecule has 0 radical (unpaired) electrons. The van der Waals surface area contributed by atoms with Crippen LogP contribution in [0.25, 0.3) is 10.9 Å². The fourth-order valence-corrected chi connectivity index (χ4v) is 4.10. The van der Waals surface area contributed by atoms with E-state index >= 15 is 0 Å². The Bertz CT molecular complexity index is 1170. The normalized spacial score (nSPS) is 14.4. The number of carbonyl (C=O) groups excluding carboxylic acids is 1. The van der Waals surface area contributed by atoms with Gasteiger partial charge in [-0.2, -0.15) is 5.10 Å². The third kappa shape index (κ3) is 4.20. The molecule has 1 aliphatic heterocycles. The second kappa shape index (κ2) is 8.55. The smallest absolute Gasteiger partial charge is 0.253 e. The van der Waals surface area contributed by atoms with Crippen molar-refractivity contribution < 1.29 is 9.53 Å². The van der Waals surface area contributed by atoms with Crippen molar-refractivity contribution in [3.63, 3.8) is 0 Å². The number of nitrogens with zero attached hydrogens (tertiary/aromatic N) is 3. The highest BCUT2D eigenvalue weighted by atomic mass is 16.5. The number of fused-ring (bicyclic) bond motifs is 1. The number of aromatic amines is 1. The molecule has 164 valence electrons. The largest absolute Gasteiger partial charge is 0.378 e. The van der Waals surface area contributed by atoms with E-state index in [1.54, 1.807) is 6.20 Å². The summed E-state index contributed by atoms with van der Waals surface area (Å²) >= 11 is 0. The number of nitrogens with one attached hydrogen (secondary N) is 2. The number of morpholine rings is 1. The highest BCUT2D eigenvalue weighted by Crippen LogP contribution is 2.29. The Hall–Kier alpha value is -3.13. The SMILES string of the molecule is Cc1cc(C)c(CNC(=O)c2cc(N3CCOCC3)cc3c2cnn3C(C)C)c(=O)[nH]1. The van der Waals surface area contributed by atoms with Crippen molar-refractivity contribution in [3.8, 4) is 0 Å². The molecule has 1 aromatic carbocycles. The van der Waals surface area contributed by atoms with Gasteiger partial charge in [-0.1, -0.05) is 0 Å². The molecule has 0 aliphatic carbocycles. The molecule has 0 spiro atoms. The molecule has 1 amide bonds. The first-order chi connectivity index (χ1) is 14.8. The van der Waals surface area contributed by atoms with Gasteiger partial charge >= 0.3 is 0 Å². The first-order valence-electron chi connectivity index (χ1n) is 10.7. The standard InChI is InChI=1S/C23H29N5O3/c1-14(2)28-21-11-17(27-5-7-31-8-6-27)10-18(20(21)13-25-28)22(29)24-12-19-15(3)9-16(4)26-23(19)30/h9-11,13-14H,5-8,12H2,1-4H3,(H,24,29)(H,26,30). The molecule has 2 aromatic heterocycles. The lowest BCUT2D eigenvalue weighted by atomic mass is 10.1. The van der Waals surface area contributed by atoms with E-state index in [9.17, 15) is 9.59 Å². The lowest BCUT2D eigenvalue weighted by Gasteiger charge is -2.29. The van der Waals surface area contributed by atoms with Gasteiger partial charge in [-0.15, -0.1) is 0 Å². The van der Waals surface area contributed by atoms with Crippen LogP contribution in [0, 0.1) is 13.8 Å². The van der Waals surface area contributed by atoms with Gasteiger partial charge in [-0.3, -0.25) is 14.3 Å². The zero-order valence-corrected chi connectivity index (χ0v) is 18.5. The summed E-state index contributed by atoms with van der Waals surface area (Å²) < 4.78 is 7.42. The van der Waals surface area contributed by atoms with Crippen molar-refractivity contribution >= 4 is 22.5 Å². The third-order valence-electron chi connectivity index (χ3n) is 5.73. The van der Waals surface area contributed by atoms with E-state index in [1.807, 2.05) is 30.7 Å². The van der Waals surface area contributed by atoms with Crippen LogP contribution in [0.2, 0.25) is 0 Å². The van der Waals surface area contributed by atoms with Crippen LogP contribution in [0.15, 0.2) is 29.2 Å². The highest BCUT2D eigenvalue weighted by molar-refractivity contribution is 6.07. The van der Waals surface area contributed by atoms with Crippen LogP contribution in [-0.2, 0) is 11.3 Å². The summed E-state index contributed by atoms with van der Waals surface area (Å²) in [5.41, 5.74) is 4.53. The maximum absolute atomic E-state index is 13.2. The first kappa shape index (κ1) is 21.1. The van der Waals surface area contributed by atoms with Gasteiger partial charge in [0, 0.05) is 48.0 Å². The molecule has 0 unspecified atom stereocenters. The fraction of sp³-hybridized carbons (Fsp3) is 0.435. The van der Waals surface area contributed by atoms with E-state index in [-0.39, 0.29) is 24.1 Å². The minimum atomic E-state index is -0.220. The molecule has 4 rings (SSSR count). The number of hydrogen-bond acceptors (Lipinski definition) is 5. The summed E-state index contributed by atoms with van der Waals surface area (Å²) in [7, 11) is 0. The van der Waals surface area contributed by atoms with Crippen LogP contribution in [0.5, 0.6) is 0 Å². The van der Waals surface area contributed by atoms with E-state index in [0.29, 0.717) is 24.3 Å². The number of hydrogen-bond donors (Lipinski definition) is 2. The summed E-state index contributed by atoms with van der Waals surface area (Å²) in [5.74, 6) is -0.220. The average molecular weight is 424 g/mol. The maximum Gasteiger partial charge on any atom is 0.253 e. The van der Waals surface area contributed by atoms with Crippen molar-refractivity contribution in [1.82, 2.24) is 20.1 Å². The van der Waals surface area contributed by atoms with E-state index in [2.05, 4.69) is 40.2 Å². The second-order valence-corrected chi connectivity index (χ2v) is 8.33. The molecule has 8 heteroatoms. The van der Waals surface area contributed by atoms with Crippen LogP contribution in [0.4, 0.5) is 5.69 Å². The molecule has 8 nitrogen and oxygen atoms in total. The van der Waals surface area contributed by atoms with Crippen molar-refractivity contribution in [2.45, 2.75) is 40.3 Å². The van der Waals surface area contributed by atoms with Crippen LogP contribution in [-0.4, -0.2) is 47.0 Å². The summed E-state index contributed by atoms with van der Waals surface area (Å²) in [6, 6.07) is 6.09. The molecule has 1 saturated heterocycles. The molecule has 1 fully saturated rings. The number of benzene rings is 1. The number of H-pyrrole nitrogens is 1. The molecule has 1 aliphatic rings. The topological polar surface area (TPSA) is 92.2 Å². The molecule has 31 heavy (non-hydrogen) atoms. The van der Waals surface area contributed by atoms with Gasteiger partial charge < -0.3 is 19.9 Å². The van der Waals surface area contributed by atoms with Gasteiger partial charge in [0.15, 0.2) is 0 Å². The number of rotatable bonds is 5. The highest BCUT2D eigenvalue weighted by Gasteiger charge is 2.20. The minimum Gasteiger partial charge on any atom is -0.378 e. The second-order valence-electron chi connectivity index (χ2n) is 8.33. The monoisotopic (exact) mass is 423 g/mol. The van der Waals surface area contributed by atoms with Gasteiger partial charge in [0.2, 0.25) is 0 Å². The molecular weight excluding hydrogens is 394 g/mol. The Balaban J connectivity index is 1.70. The number of amides is 1. The van der Waals surface area contributed by atoms with Gasteiger partial charge in [-0.25, -0.2) is 0 Å². The van der Waals surface area contributed by atoms with Crippen molar-refractivity contribution in [2.24, 2.45) is 0 Å². The number of aryl methyl sites for hydroxylation is 2. The Morgan fingerprint density at radius 1 is 1.23 bits per heavy atom. The number of ether oxygens (including phenoxy) is 1. The zero-order chi connectivity index (χ0) is 22.1. The molecule has 3 aromatic rings. The van der Waals surface area contributed by atoms with Crippen molar-refractivity contribution in [3.05, 3.63) is 57.1 Å². The maximum atomic E-state index is 13.2. The van der Waals surface area contributed by atoms with Crippen LogP contribution < -0.4 is 15.8 Å². The molecule has 2 N–H and O–H groups in total. The fourth-order valence-electron chi connectivity index (χ4n) is 4.10. The Morgan fingerprint density at radius 3 is 2.65 bits per heavy atom. The molecule has 0 saturated carbocycles. The molecular formula is C23H29N5O3. The van der Waals surface area contributed by atoms with E-state index in [1.165, 1.54) is 0 Å². The molecule has 0 atom stereocenters. The number of anilines is 1. The third-order valence-corrected chi connectivity index (χ3v) is 5.73. The Labute approximate surface area is 181 Å². The average Bonchev–Trinajstić information content (AvgIpc) is 3.17. The van der Waals surface area contributed by atoms with Gasteiger partial charge in [0.25, 0.3) is 11.5 Å². The van der Waals surface area contributed by atoms with E-state index in [0.717, 1.165) is 40.9 Å². The predicted octanol–water partition coefficient (Wildman–Crippen LogP) is 2.69. The van der Waals surface area contributed by atoms with Crippen LogP contribution in [0.1, 0.15) is 47.1 Å². The summed E-state index contributed by atoms with van der Waals surface area (Å²) in [6.07, 6.45) is 1.75. The van der Waals surface area contributed by atoms with Crippen LogP contribution >= 0.6 is 0 Å². The van der Waals surface area contributed by atoms with E-state index in [4.69, 9.17) is 4.74 Å². The quantitative estimate of drug-likeness (QED) is 0.658. The summed E-state index contributed by atoms with van der Waals surface area (Å²) in [4.78, 5) is 30.6. The van der Waals surface area contributed by atoms with E-state index < -0.39 is 0 Å². The number of pyridine rings is 1.